The van der Waals surface area contributed by atoms with Gasteiger partial charge in [0.1, 0.15) is 13.2 Å². The van der Waals surface area contributed by atoms with E-state index in [1.807, 2.05) is 0 Å². The molecule has 0 aromatic carbocycles. The van der Waals surface area contributed by atoms with Crippen molar-refractivity contribution in [2.75, 3.05) is 13.2 Å². The minimum Gasteiger partial charge on any atom is -0.462 e. The highest BCUT2D eigenvalue weighted by Crippen LogP contribution is 2.20. The molecule has 0 spiro atoms. The largest absolute Gasteiger partial charge is 0.462 e. The zero-order chi connectivity index (χ0) is 53.9. The number of ether oxygens (including phenoxy) is 3. The van der Waals surface area contributed by atoms with E-state index in [0.717, 1.165) is 69.6 Å². The lowest BCUT2D eigenvalue weighted by atomic mass is 9.99. The van der Waals surface area contributed by atoms with Crippen molar-refractivity contribution in [2.45, 2.75) is 394 Å². The Balaban J connectivity index is 4.26. The van der Waals surface area contributed by atoms with Gasteiger partial charge in [0, 0.05) is 19.3 Å². The first-order valence-electron chi connectivity index (χ1n) is 33.8. The van der Waals surface area contributed by atoms with Gasteiger partial charge in [0.25, 0.3) is 0 Å². The van der Waals surface area contributed by atoms with Crippen molar-refractivity contribution in [1.82, 2.24) is 0 Å². The summed E-state index contributed by atoms with van der Waals surface area (Å²) in [6, 6.07) is 0. The molecule has 0 aliphatic heterocycles. The lowest BCUT2D eigenvalue weighted by molar-refractivity contribution is -0.167. The van der Waals surface area contributed by atoms with E-state index < -0.39 is 6.10 Å². The highest BCUT2D eigenvalue weighted by Gasteiger charge is 2.20. The molecule has 6 nitrogen and oxygen atoms in total. The standard InChI is InChI=1S/C68H132O6/c1-6-8-9-10-11-12-13-14-15-23-28-33-38-43-48-53-58-66(69)72-61-65(74-68(71)60-55-50-45-40-35-30-25-20-21-26-31-36-41-46-51-56-63(3)4)62-73-67(70)59-54-49-44-39-34-29-24-19-17-16-18-22-27-32-37-42-47-52-57-64(5)7-2/h63-65H,6-62H2,1-5H3/t64?,65-/m0/s1. The Morgan fingerprint density at radius 1 is 0.284 bits per heavy atom. The Kier molecular flexibility index (Phi) is 59.3. The molecule has 0 aromatic rings. The molecule has 0 heterocycles. The third-order valence-electron chi connectivity index (χ3n) is 16.1. The number of unbranched alkanes of at least 4 members (excludes halogenated alkanes) is 46. The molecule has 1 unspecified atom stereocenters. The van der Waals surface area contributed by atoms with Crippen molar-refractivity contribution >= 4 is 17.9 Å². The summed E-state index contributed by atoms with van der Waals surface area (Å²) in [4.78, 5) is 38.4. The summed E-state index contributed by atoms with van der Waals surface area (Å²) < 4.78 is 17.0. The zero-order valence-corrected chi connectivity index (χ0v) is 51.0. The monoisotopic (exact) mass is 1050 g/mol. The molecule has 0 amide bonds. The van der Waals surface area contributed by atoms with Crippen LogP contribution in [0.5, 0.6) is 0 Å². The molecule has 0 radical (unpaired) electrons. The summed E-state index contributed by atoms with van der Waals surface area (Å²) in [6.07, 6.45) is 68.2. The van der Waals surface area contributed by atoms with Crippen LogP contribution in [0.2, 0.25) is 0 Å². The first-order chi connectivity index (χ1) is 36.3. The van der Waals surface area contributed by atoms with E-state index in [4.69, 9.17) is 14.2 Å². The van der Waals surface area contributed by atoms with Crippen LogP contribution in [0, 0.1) is 11.8 Å². The van der Waals surface area contributed by atoms with Gasteiger partial charge < -0.3 is 14.2 Å². The molecular weight excluding hydrogens is 913 g/mol. The van der Waals surface area contributed by atoms with Gasteiger partial charge in [-0.05, 0) is 31.1 Å². The van der Waals surface area contributed by atoms with Crippen molar-refractivity contribution in [3.63, 3.8) is 0 Å². The van der Waals surface area contributed by atoms with E-state index in [1.165, 1.54) is 276 Å². The summed E-state index contributed by atoms with van der Waals surface area (Å²) >= 11 is 0. The van der Waals surface area contributed by atoms with Crippen LogP contribution in [0.1, 0.15) is 388 Å². The van der Waals surface area contributed by atoms with E-state index in [1.54, 1.807) is 0 Å². The molecule has 440 valence electrons. The maximum absolute atomic E-state index is 12.9. The van der Waals surface area contributed by atoms with Crippen molar-refractivity contribution < 1.29 is 28.6 Å². The Morgan fingerprint density at radius 2 is 0.514 bits per heavy atom. The molecule has 0 bridgehead atoms. The fraction of sp³-hybridized carbons (Fsp3) is 0.956. The highest BCUT2D eigenvalue weighted by molar-refractivity contribution is 5.71. The summed E-state index contributed by atoms with van der Waals surface area (Å²) in [7, 11) is 0. The Bertz CT molecular complexity index is 1140. The van der Waals surface area contributed by atoms with E-state index >= 15 is 0 Å². The fourth-order valence-electron chi connectivity index (χ4n) is 10.6. The topological polar surface area (TPSA) is 78.9 Å². The predicted molar refractivity (Wildman–Crippen MR) is 321 cm³/mol. The first kappa shape index (κ1) is 72.4. The van der Waals surface area contributed by atoms with Crippen LogP contribution in [-0.2, 0) is 28.6 Å². The molecule has 74 heavy (non-hydrogen) atoms. The number of hydrogen-bond acceptors (Lipinski definition) is 6. The number of rotatable bonds is 62. The number of carbonyl (C=O) groups is 3. The number of carbonyl (C=O) groups excluding carboxylic acids is 3. The second kappa shape index (κ2) is 60.6. The Labute approximate surface area is 463 Å². The quantitative estimate of drug-likeness (QED) is 0.0343. The lowest BCUT2D eigenvalue weighted by Crippen LogP contribution is -2.30. The van der Waals surface area contributed by atoms with E-state index in [9.17, 15) is 14.4 Å². The molecule has 0 rings (SSSR count). The third kappa shape index (κ3) is 59.7. The van der Waals surface area contributed by atoms with Crippen LogP contribution in [0.15, 0.2) is 0 Å². The minimum absolute atomic E-state index is 0.0614. The third-order valence-corrected chi connectivity index (χ3v) is 16.1. The minimum atomic E-state index is -0.764. The van der Waals surface area contributed by atoms with E-state index in [2.05, 4.69) is 34.6 Å². The SMILES string of the molecule is CCCCCCCCCCCCCCCCCCC(=O)OC[C@@H](COC(=O)CCCCCCCCCCCCCCCCCCCCC(C)CC)OC(=O)CCCCCCCCCCCCCCCCCC(C)C. The molecule has 0 aliphatic rings. The van der Waals surface area contributed by atoms with Crippen LogP contribution in [0.25, 0.3) is 0 Å². The van der Waals surface area contributed by atoms with Crippen molar-refractivity contribution in [3.05, 3.63) is 0 Å². The van der Waals surface area contributed by atoms with E-state index in [0.29, 0.717) is 19.3 Å². The molecule has 0 aromatic heterocycles. The predicted octanol–water partition coefficient (Wildman–Crippen LogP) is 22.8. The molecule has 0 fully saturated rings. The summed E-state index contributed by atoms with van der Waals surface area (Å²) in [5, 5.41) is 0. The van der Waals surface area contributed by atoms with Gasteiger partial charge in [-0.15, -0.1) is 0 Å². The average molecular weight is 1050 g/mol. The molecule has 2 atom stereocenters. The molecule has 0 N–H and O–H groups in total. The van der Waals surface area contributed by atoms with Crippen molar-refractivity contribution in [2.24, 2.45) is 11.8 Å². The first-order valence-corrected chi connectivity index (χ1v) is 33.8. The van der Waals surface area contributed by atoms with Crippen LogP contribution in [-0.4, -0.2) is 37.2 Å². The van der Waals surface area contributed by atoms with Gasteiger partial charge in [0.05, 0.1) is 0 Å². The van der Waals surface area contributed by atoms with E-state index in [-0.39, 0.29) is 31.1 Å². The Morgan fingerprint density at radius 3 is 0.770 bits per heavy atom. The molecular formula is C68H132O6. The molecule has 6 heteroatoms. The summed E-state index contributed by atoms with van der Waals surface area (Å²) in [5.41, 5.74) is 0. The van der Waals surface area contributed by atoms with Crippen molar-refractivity contribution in [3.8, 4) is 0 Å². The average Bonchev–Trinajstić information content (AvgIpc) is 3.39. The van der Waals surface area contributed by atoms with Gasteiger partial charge in [-0.25, -0.2) is 0 Å². The van der Waals surface area contributed by atoms with Crippen LogP contribution < -0.4 is 0 Å². The van der Waals surface area contributed by atoms with Crippen LogP contribution in [0.4, 0.5) is 0 Å². The number of hydrogen-bond donors (Lipinski definition) is 0. The van der Waals surface area contributed by atoms with Crippen LogP contribution >= 0.6 is 0 Å². The van der Waals surface area contributed by atoms with Crippen LogP contribution in [0.3, 0.4) is 0 Å². The molecule has 0 aliphatic carbocycles. The second-order valence-electron chi connectivity index (χ2n) is 24.2. The Hall–Kier alpha value is -1.59. The van der Waals surface area contributed by atoms with Gasteiger partial charge >= 0.3 is 17.9 Å². The molecule has 0 saturated heterocycles. The number of esters is 3. The van der Waals surface area contributed by atoms with Gasteiger partial charge in [-0.1, -0.05) is 349 Å². The van der Waals surface area contributed by atoms with Crippen molar-refractivity contribution in [1.29, 1.82) is 0 Å². The maximum Gasteiger partial charge on any atom is 0.306 e. The van der Waals surface area contributed by atoms with Gasteiger partial charge in [0.2, 0.25) is 0 Å². The lowest BCUT2D eigenvalue weighted by Gasteiger charge is -2.18. The maximum atomic E-state index is 12.9. The fourth-order valence-corrected chi connectivity index (χ4v) is 10.6. The molecule has 0 saturated carbocycles. The highest BCUT2D eigenvalue weighted by atomic mass is 16.6. The van der Waals surface area contributed by atoms with Gasteiger partial charge in [-0.3, -0.25) is 14.4 Å². The van der Waals surface area contributed by atoms with Gasteiger partial charge in [-0.2, -0.15) is 0 Å². The zero-order valence-electron chi connectivity index (χ0n) is 51.0. The smallest absolute Gasteiger partial charge is 0.306 e. The summed E-state index contributed by atoms with van der Waals surface area (Å²) in [6.45, 7) is 11.5. The summed E-state index contributed by atoms with van der Waals surface area (Å²) in [5.74, 6) is 0.931. The second-order valence-corrected chi connectivity index (χ2v) is 24.2. The van der Waals surface area contributed by atoms with Gasteiger partial charge in [0.15, 0.2) is 6.10 Å². The normalized spacial score (nSPS) is 12.4.